The fourth-order valence-corrected chi connectivity index (χ4v) is 6.09. The number of anilines is 1. The van der Waals surface area contributed by atoms with E-state index in [1.54, 1.807) is 9.80 Å². The van der Waals surface area contributed by atoms with E-state index in [0.717, 1.165) is 19.9 Å². The minimum absolute atomic E-state index is 0.112. The van der Waals surface area contributed by atoms with Gasteiger partial charge in [0.25, 0.3) is 5.92 Å². The first-order chi connectivity index (χ1) is 19.0. The molecule has 0 N–H and O–H groups in total. The molecule has 0 aromatic carbocycles. The van der Waals surface area contributed by atoms with Crippen LogP contribution in [0.15, 0.2) is 12.3 Å². The molecule has 0 radical (unpaired) electrons. The minimum atomic E-state index is -3.06. The van der Waals surface area contributed by atoms with Crippen molar-refractivity contribution in [1.29, 1.82) is 0 Å². The van der Waals surface area contributed by atoms with Crippen molar-refractivity contribution in [2.45, 2.75) is 96.9 Å². The Kier molecular flexibility index (Phi) is 9.02. The number of ether oxygens (including phenoxy) is 2. The summed E-state index contributed by atoms with van der Waals surface area (Å²) in [5.74, 6) is -3.22. The van der Waals surface area contributed by atoms with E-state index >= 15 is 0 Å². The minimum Gasteiger partial charge on any atom is -0.444 e. The highest BCUT2D eigenvalue weighted by Crippen LogP contribution is 2.41. The molecule has 4 heterocycles. The maximum atomic E-state index is 14.2. The second-order valence-corrected chi connectivity index (χ2v) is 13.5. The number of amides is 2. The van der Waals surface area contributed by atoms with Gasteiger partial charge >= 0.3 is 6.09 Å². The monoisotopic (exact) mass is 579 g/mol. The summed E-state index contributed by atoms with van der Waals surface area (Å²) in [5, 5.41) is 0. The van der Waals surface area contributed by atoms with Gasteiger partial charge in [0.05, 0.1) is 31.1 Å². The van der Waals surface area contributed by atoms with Crippen LogP contribution in [0.5, 0.6) is 0 Å². The number of alkyl halides is 2. The molecule has 1 unspecified atom stereocenters. The Labute approximate surface area is 243 Å². The van der Waals surface area contributed by atoms with Gasteiger partial charge in [-0.15, -0.1) is 0 Å². The van der Waals surface area contributed by atoms with Gasteiger partial charge in [-0.1, -0.05) is 20.8 Å². The molecule has 41 heavy (non-hydrogen) atoms. The number of fused-ring (bicyclic) bond motifs is 1. The largest absolute Gasteiger partial charge is 0.444 e. The topological polar surface area (TPSA) is 78.5 Å². The molecule has 0 aliphatic carbocycles. The Hall–Kier alpha value is -2.37. The molecule has 3 atom stereocenters. The summed E-state index contributed by atoms with van der Waals surface area (Å²) in [5.41, 5.74) is -0.179. The van der Waals surface area contributed by atoms with E-state index in [2.05, 4.69) is 21.7 Å². The Morgan fingerprint density at radius 3 is 2.49 bits per heavy atom. The van der Waals surface area contributed by atoms with E-state index in [1.807, 2.05) is 41.5 Å². The van der Waals surface area contributed by atoms with Gasteiger partial charge in [-0.2, -0.15) is 0 Å². The first-order valence-corrected chi connectivity index (χ1v) is 14.7. The maximum absolute atomic E-state index is 14.2. The first-order valence-electron chi connectivity index (χ1n) is 14.7. The molecule has 1 aromatic heterocycles. The van der Waals surface area contributed by atoms with Crippen LogP contribution in [0.1, 0.15) is 73.1 Å². The molecule has 0 bridgehead atoms. The van der Waals surface area contributed by atoms with Crippen LogP contribution in [0.2, 0.25) is 0 Å². The van der Waals surface area contributed by atoms with Gasteiger partial charge in [0.15, 0.2) is 0 Å². The molecule has 3 aliphatic heterocycles. The molecule has 11 heteroatoms. The van der Waals surface area contributed by atoms with Crippen LogP contribution in [0.3, 0.4) is 0 Å². The highest BCUT2D eigenvalue weighted by Gasteiger charge is 2.43. The average Bonchev–Trinajstić information content (AvgIpc) is 3.14. The molecule has 3 aliphatic rings. The second kappa shape index (κ2) is 11.7. The molecule has 230 valence electrons. The molecule has 9 nitrogen and oxygen atoms in total. The fourth-order valence-electron chi connectivity index (χ4n) is 6.09. The van der Waals surface area contributed by atoms with Crippen LogP contribution in [0.4, 0.5) is 19.3 Å². The molecule has 0 saturated carbocycles. The summed E-state index contributed by atoms with van der Waals surface area (Å²) in [4.78, 5) is 39.4. The summed E-state index contributed by atoms with van der Waals surface area (Å²) in [7, 11) is 0. The fraction of sp³-hybridized carbons (Fsp3) is 0.767. The number of carbonyl (C=O) groups excluding carboxylic acids is 2. The van der Waals surface area contributed by atoms with Crippen molar-refractivity contribution in [3.63, 3.8) is 0 Å². The summed E-state index contributed by atoms with van der Waals surface area (Å²) in [6.45, 7) is 18.6. The summed E-state index contributed by atoms with van der Waals surface area (Å²) >= 11 is 0. The molecule has 2 amide bonds. The number of hydrogen-bond donors (Lipinski definition) is 0. The predicted octanol–water partition coefficient (Wildman–Crippen LogP) is 4.24. The third kappa shape index (κ3) is 7.17. The van der Waals surface area contributed by atoms with Crippen molar-refractivity contribution < 1.29 is 27.8 Å². The lowest BCUT2D eigenvalue weighted by atomic mass is 9.91. The number of piperazine rings is 1. The zero-order valence-electron chi connectivity index (χ0n) is 25.9. The van der Waals surface area contributed by atoms with Crippen LogP contribution >= 0.6 is 0 Å². The molecule has 1 aromatic rings. The van der Waals surface area contributed by atoms with Crippen molar-refractivity contribution in [2.75, 3.05) is 57.4 Å². The van der Waals surface area contributed by atoms with Gasteiger partial charge in [0, 0.05) is 74.9 Å². The zero-order chi connectivity index (χ0) is 30.3. The van der Waals surface area contributed by atoms with E-state index in [9.17, 15) is 18.4 Å². The number of morpholine rings is 1. The molecule has 2 fully saturated rings. The molecular formula is C30H47F2N5O4. The van der Waals surface area contributed by atoms with Gasteiger partial charge in [-0.05, 0) is 40.2 Å². The number of hydrogen-bond acceptors (Lipinski definition) is 7. The van der Waals surface area contributed by atoms with Gasteiger partial charge in [-0.3, -0.25) is 19.6 Å². The van der Waals surface area contributed by atoms with Crippen molar-refractivity contribution in [3.8, 4) is 0 Å². The van der Waals surface area contributed by atoms with Crippen LogP contribution < -0.4 is 4.90 Å². The van der Waals surface area contributed by atoms with Crippen molar-refractivity contribution in [3.05, 3.63) is 23.5 Å². The lowest BCUT2D eigenvalue weighted by Gasteiger charge is -2.48. The highest BCUT2D eigenvalue weighted by atomic mass is 19.3. The van der Waals surface area contributed by atoms with E-state index in [-0.39, 0.29) is 42.2 Å². The quantitative estimate of drug-likeness (QED) is 0.499. The summed E-state index contributed by atoms with van der Waals surface area (Å²) in [6.07, 6.45) is 1.80. The second-order valence-electron chi connectivity index (χ2n) is 13.5. The smallest absolute Gasteiger partial charge is 0.410 e. The number of nitrogens with zero attached hydrogens (tertiary/aromatic N) is 5. The highest BCUT2D eigenvalue weighted by molar-refractivity contribution is 5.97. The average molecular weight is 580 g/mol. The Balaban J connectivity index is 1.58. The molecule has 0 spiro atoms. The Morgan fingerprint density at radius 1 is 1.15 bits per heavy atom. The normalized spacial score (nSPS) is 25.8. The van der Waals surface area contributed by atoms with Crippen molar-refractivity contribution >= 4 is 17.7 Å². The number of halogens is 2. The maximum Gasteiger partial charge on any atom is 0.410 e. The Bertz CT molecular complexity index is 1120. The SMILES string of the molecule is CCC1COCCN1C[C@H]1CN(C(=O)OC(C)(C)C)[C@H](C)CN1CC(=O)N1CC(C)(C)c2ncc(C(C)(F)F)cc21. The zero-order valence-corrected chi connectivity index (χ0v) is 25.9. The summed E-state index contributed by atoms with van der Waals surface area (Å²) in [6, 6.07) is 1.39. The summed E-state index contributed by atoms with van der Waals surface area (Å²) < 4.78 is 39.8. The van der Waals surface area contributed by atoms with E-state index in [4.69, 9.17) is 9.47 Å². The number of pyridine rings is 1. The predicted molar refractivity (Wildman–Crippen MR) is 153 cm³/mol. The van der Waals surface area contributed by atoms with Gasteiger partial charge in [0.1, 0.15) is 5.60 Å². The van der Waals surface area contributed by atoms with Crippen molar-refractivity contribution in [1.82, 2.24) is 19.7 Å². The van der Waals surface area contributed by atoms with Crippen LogP contribution in [-0.4, -0.2) is 108 Å². The lowest BCUT2D eigenvalue weighted by molar-refractivity contribution is -0.122. The third-order valence-electron chi connectivity index (χ3n) is 8.35. The molecule has 2 saturated heterocycles. The van der Waals surface area contributed by atoms with E-state index < -0.39 is 16.9 Å². The van der Waals surface area contributed by atoms with Crippen LogP contribution in [-0.2, 0) is 25.6 Å². The van der Waals surface area contributed by atoms with Gasteiger partial charge < -0.3 is 19.3 Å². The number of rotatable bonds is 6. The van der Waals surface area contributed by atoms with E-state index in [1.165, 1.54) is 12.3 Å². The first kappa shape index (κ1) is 31.6. The number of carbonyl (C=O) groups is 2. The van der Waals surface area contributed by atoms with Crippen LogP contribution in [0.25, 0.3) is 0 Å². The molecule has 4 rings (SSSR count). The third-order valence-corrected chi connectivity index (χ3v) is 8.35. The number of aromatic nitrogens is 1. The van der Waals surface area contributed by atoms with Crippen molar-refractivity contribution in [2.24, 2.45) is 0 Å². The Morgan fingerprint density at radius 2 is 1.85 bits per heavy atom. The standard InChI is InChI=1S/C30H47F2N5O4/c1-9-22-18-40-11-10-34(22)15-23-16-36(27(39)41-28(3,4)5)20(2)14-35(23)17-25(38)37-19-29(6,7)26-24(37)12-21(13-33-26)30(8,31)32/h12-13,20,22-23H,9-11,14-19H2,1-8H3/t20-,22?,23+/m1/s1. The molecular weight excluding hydrogens is 532 g/mol. The van der Waals surface area contributed by atoms with Crippen LogP contribution in [0, 0.1) is 0 Å². The van der Waals surface area contributed by atoms with E-state index in [0.29, 0.717) is 50.8 Å². The van der Waals surface area contributed by atoms with Gasteiger partial charge in [0.2, 0.25) is 5.91 Å². The van der Waals surface area contributed by atoms with Gasteiger partial charge in [-0.25, -0.2) is 13.6 Å². The lowest BCUT2D eigenvalue weighted by Crippen LogP contribution is -2.64.